The van der Waals surface area contributed by atoms with Gasteiger partial charge in [-0.3, -0.25) is 9.78 Å². The van der Waals surface area contributed by atoms with Crippen LogP contribution in [-0.4, -0.2) is 43.0 Å². The number of ether oxygens (including phenoxy) is 1. The third-order valence-electron chi connectivity index (χ3n) is 4.06. The molecule has 0 spiro atoms. The molecule has 1 N–H and O–H groups in total. The van der Waals surface area contributed by atoms with Crippen molar-refractivity contribution in [2.45, 2.75) is 6.61 Å². The summed E-state index contributed by atoms with van der Waals surface area (Å²) in [5, 5.41) is 4.47. The van der Waals surface area contributed by atoms with Gasteiger partial charge in [-0.15, -0.1) is 0 Å². The Bertz CT molecular complexity index is 944. The lowest BCUT2D eigenvalue weighted by Gasteiger charge is -2.11. The first kappa shape index (κ1) is 19.1. The molecular formula is C21H22ClN3O2. The van der Waals surface area contributed by atoms with Gasteiger partial charge in [0.25, 0.3) is 5.91 Å². The Morgan fingerprint density at radius 2 is 2.04 bits per heavy atom. The first-order chi connectivity index (χ1) is 13.0. The second-order valence-electron chi connectivity index (χ2n) is 6.56. The summed E-state index contributed by atoms with van der Waals surface area (Å²) in [5.41, 5.74) is 2.33. The van der Waals surface area contributed by atoms with Crippen LogP contribution in [0, 0.1) is 0 Å². The van der Waals surface area contributed by atoms with Crippen LogP contribution in [0.1, 0.15) is 15.9 Å². The molecule has 0 atom stereocenters. The van der Waals surface area contributed by atoms with Crippen molar-refractivity contribution >= 4 is 28.4 Å². The molecule has 0 unspecified atom stereocenters. The summed E-state index contributed by atoms with van der Waals surface area (Å²) >= 11 is 5.99. The second-order valence-corrected chi connectivity index (χ2v) is 6.99. The van der Waals surface area contributed by atoms with Gasteiger partial charge in [-0.1, -0.05) is 23.7 Å². The lowest BCUT2D eigenvalue weighted by Crippen LogP contribution is -2.31. The summed E-state index contributed by atoms with van der Waals surface area (Å²) in [6.07, 6.45) is 1.59. The third kappa shape index (κ3) is 5.42. The van der Waals surface area contributed by atoms with Crippen molar-refractivity contribution < 1.29 is 9.53 Å². The lowest BCUT2D eigenvalue weighted by atomic mass is 10.1. The average Bonchev–Trinajstić information content (AvgIpc) is 2.65. The van der Waals surface area contributed by atoms with E-state index in [1.54, 1.807) is 6.20 Å². The Labute approximate surface area is 163 Å². The van der Waals surface area contributed by atoms with Crippen molar-refractivity contribution in [3.63, 3.8) is 0 Å². The number of benzene rings is 2. The van der Waals surface area contributed by atoms with Crippen molar-refractivity contribution in [2.75, 3.05) is 27.2 Å². The number of pyridine rings is 1. The Morgan fingerprint density at radius 1 is 1.19 bits per heavy atom. The number of halogens is 1. The topological polar surface area (TPSA) is 54.5 Å². The highest BCUT2D eigenvalue weighted by Gasteiger charge is 2.08. The van der Waals surface area contributed by atoms with Crippen LogP contribution in [-0.2, 0) is 6.61 Å². The molecule has 0 fully saturated rings. The molecule has 140 valence electrons. The molecule has 0 bridgehead atoms. The van der Waals surface area contributed by atoms with Gasteiger partial charge in [0.05, 0.1) is 11.1 Å². The minimum absolute atomic E-state index is 0.118. The summed E-state index contributed by atoms with van der Waals surface area (Å²) in [5.74, 6) is 0.602. The van der Waals surface area contributed by atoms with E-state index in [2.05, 4.69) is 10.3 Å². The van der Waals surface area contributed by atoms with Gasteiger partial charge >= 0.3 is 0 Å². The van der Waals surface area contributed by atoms with Crippen LogP contribution in [0.5, 0.6) is 5.75 Å². The Balaban J connectivity index is 1.66. The lowest BCUT2D eigenvalue weighted by molar-refractivity contribution is 0.0951. The molecule has 3 rings (SSSR count). The molecule has 2 aromatic carbocycles. The minimum atomic E-state index is -0.118. The molecule has 6 heteroatoms. The maximum Gasteiger partial charge on any atom is 0.252 e. The molecule has 0 aliphatic rings. The number of likely N-dealkylation sites (N-methyl/N-ethyl adjacent to an activating group) is 1. The van der Waals surface area contributed by atoms with Crippen LogP contribution in [0.15, 0.2) is 54.7 Å². The predicted molar refractivity (Wildman–Crippen MR) is 108 cm³/mol. The molecule has 27 heavy (non-hydrogen) atoms. The smallest absolute Gasteiger partial charge is 0.252 e. The van der Waals surface area contributed by atoms with Crippen LogP contribution in [0.2, 0.25) is 5.02 Å². The molecule has 1 amide bonds. The van der Waals surface area contributed by atoms with E-state index in [-0.39, 0.29) is 5.91 Å². The van der Waals surface area contributed by atoms with E-state index in [0.29, 0.717) is 23.7 Å². The number of amides is 1. The SMILES string of the molecule is CN(C)CCNC(=O)c1cnc2cc(OCc3cccc(Cl)c3)ccc2c1. The van der Waals surface area contributed by atoms with Crippen molar-refractivity contribution in [2.24, 2.45) is 0 Å². The van der Waals surface area contributed by atoms with E-state index in [0.717, 1.165) is 28.8 Å². The number of aromatic nitrogens is 1. The Kier molecular flexibility index (Phi) is 6.27. The number of rotatable bonds is 7. The minimum Gasteiger partial charge on any atom is -0.489 e. The van der Waals surface area contributed by atoms with Gasteiger partial charge in [-0.2, -0.15) is 0 Å². The number of nitrogens with one attached hydrogen (secondary N) is 1. The van der Waals surface area contributed by atoms with Crippen molar-refractivity contribution in [1.29, 1.82) is 0 Å². The summed E-state index contributed by atoms with van der Waals surface area (Å²) in [7, 11) is 3.94. The maximum absolute atomic E-state index is 12.2. The molecule has 0 radical (unpaired) electrons. The number of nitrogens with zero attached hydrogens (tertiary/aromatic N) is 2. The van der Waals surface area contributed by atoms with Gasteiger partial charge in [0.15, 0.2) is 0 Å². The van der Waals surface area contributed by atoms with Crippen molar-refractivity contribution in [3.05, 3.63) is 70.9 Å². The molecule has 5 nitrogen and oxygen atoms in total. The summed E-state index contributed by atoms with van der Waals surface area (Å²) in [4.78, 5) is 18.6. The van der Waals surface area contributed by atoms with Crippen LogP contribution >= 0.6 is 11.6 Å². The quantitative estimate of drug-likeness (QED) is 0.675. The molecule has 1 heterocycles. The molecule has 0 aliphatic heterocycles. The maximum atomic E-state index is 12.2. The normalized spacial score (nSPS) is 11.0. The highest BCUT2D eigenvalue weighted by Crippen LogP contribution is 2.21. The van der Waals surface area contributed by atoms with Gasteiger partial charge in [0.2, 0.25) is 0 Å². The fraction of sp³-hybridized carbons (Fsp3) is 0.238. The van der Waals surface area contributed by atoms with Crippen molar-refractivity contribution in [3.8, 4) is 5.75 Å². The Hall–Kier alpha value is -2.63. The largest absolute Gasteiger partial charge is 0.489 e. The zero-order valence-corrected chi connectivity index (χ0v) is 16.2. The fourth-order valence-electron chi connectivity index (χ4n) is 2.60. The third-order valence-corrected chi connectivity index (χ3v) is 4.29. The van der Waals surface area contributed by atoms with E-state index in [4.69, 9.17) is 16.3 Å². The van der Waals surface area contributed by atoms with Gasteiger partial charge in [-0.05, 0) is 50.0 Å². The average molecular weight is 384 g/mol. The summed E-state index contributed by atoms with van der Waals surface area (Å²) in [6.45, 7) is 1.82. The van der Waals surface area contributed by atoms with Gasteiger partial charge < -0.3 is 15.0 Å². The van der Waals surface area contributed by atoms with Crippen LogP contribution < -0.4 is 10.1 Å². The van der Waals surface area contributed by atoms with Crippen LogP contribution in [0.3, 0.4) is 0 Å². The van der Waals surface area contributed by atoms with E-state index < -0.39 is 0 Å². The standard InChI is InChI=1S/C21H22ClN3O2/c1-25(2)9-8-23-21(26)17-11-16-6-7-19(12-20(16)24-13-17)27-14-15-4-3-5-18(22)10-15/h3-7,10-13H,8-9,14H2,1-2H3,(H,23,26). The zero-order valence-electron chi connectivity index (χ0n) is 15.4. The molecule has 1 aromatic heterocycles. The molecule has 3 aromatic rings. The monoisotopic (exact) mass is 383 g/mol. The van der Waals surface area contributed by atoms with Crippen molar-refractivity contribution in [1.82, 2.24) is 15.2 Å². The van der Waals surface area contributed by atoms with Crippen LogP contribution in [0.25, 0.3) is 10.9 Å². The summed E-state index contributed by atoms with van der Waals surface area (Å²) in [6, 6.07) is 15.1. The van der Waals surface area contributed by atoms with E-state index >= 15 is 0 Å². The van der Waals surface area contributed by atoms with Gasteiger partial charge in [0, 0.05) is 35.8 Å². The van der Waals surface area contributed by atoms with Gasteiger partial charge in [0.1, 0.15) is 12.4 Å². The summed E-state index contributed by atoms with van der Waals surface area (Å²) < 4.78 is 5.83. The number of hydrogen-bond donors (Lipinski definition) is 1. The number of hydrogen-bond acceptors (Lipinski definition) is 4. The van der Waals surface area contributed by atoms with E-state index in [1.807, 2.05) is 67.5 Å². The first-order valence-corrected chi connectivity index (χ1v) is 9.09. The first-order valence-electron chi connectivity index (χ1n) is 8.71. The van der Waals surface area contributed by atoms with Crippen LogP contribution in [0.4, 0.5) is 0 Å². The predicted octanol–water partition coefficient (Wildman–Crippen LogP) is 3.76. The van der Waals surface area contributed by atoms with Gasteiger partial charge in [-0.25, -0.2) is 0 Å². The molecular weight excluding hydrogens is 362 g/mol. The number of carbonyl (C=O) groups excluding carboxylic acids is 1. The zero-order chi connectivity index (χ0) is 19.2. The molecule has 0 aliphatic carbocycles. The number of fused-ring (bicyclic) bond motifs is 1. The second kappa shape index (κ2) is 8.84. The molecule has 0 saturated heterocycles. The van der Waals surface area contributed by atoms with E-state index in [9.17, 15) is 4.79 Å². The number of carbonyl (C=O) groups is 1. The Morgan fingerprint density at radius 3 is 2.81 bits per heavy atom. The molecule has 0 saturated carbocycles. The highest BCUT2D eigenvalue weighted by atomic mass is 35.5. The highest BCUT2D eigenvalue weighted by molar-refractivity contribution is 6.30. The fourth-order valence-corrected chi connectivity index (χ4v) is 2.82. The van der Waals surface area contributed by atoms with E-state index in [1.165, 1.54) is 0 Å².